The van der Waals surface area contributed by atoms with E-state index in [9.17, 15) is 19.5 Å². The van der Waals surface area contributed by atoms with Gasteiger partial charge in [-0.15, -0.1) is 0 Å². The fourth-order valence-electron chi connectivity index (χ4n) is 8.79. The van der Waals surface area contributed by atoms with Gasteiger partial charge in [-0.05, 0) is 80.3 Å². The average Bonchev–Trinajstić information content (AvgIpc) is 3.42. The number of imide groups is 2. The molecule has 2 N–H and O–H groups in total. The van der Waals surface area contributed by atoms with Crippen LogP contribution in [0.1, 0.15) is 59.9 Å². The predicted molar refractivity (Wildman–Crippen MR) is 173 cm³/mol. The smallest absolute Gasteiger partial charge is 0.260 e. The summed E-state index contributed by atoms with van der Waals surface area (Å²) >= 11 is 0. The van der Waals surface area contributed by atoms with E-state index in [-0.39, 0.29) is 35.8 Å². The first kappa shape index (κ1) is 30.0. The molecule has 8 nitrogen and oxygen atoms in total. The third-order valence-electron chi connectivity index (χ3n) is 10.8. The fraction of sp³-hybridized carbons (Fsp3) is 0.368. The summed E-state index contributed by atoms with van der Waals surface area (Å²) in [5, 5.41) is 12.0. The number of likely N-dealkylation sites (tertiary alicyclic amines) is 1. The molecule has 0 radical (unpaired) electrons. The Labute approximate surface area is 269 Å². The second-order valence-corrected chi connectivity index (χ2v) is 13.4. The highest BCUT2D eigenvalue weighted by atomic mass is 16.3. The largest absolute Gasteiger partial charge is 0.507 e. The maximum atomic E-state index is 15.2. The average molecular weight is 618 g/mol. The van der Waals surface area contributed by atoms with Gasteiger partial charge in [0.25, 0.3) is 11.8 Å². The van der Waals surface area contributed by atoms with Gasteiger partial charge in [-0.2, -0.15) is 5.01 Å². The highest BCUT2D eigenvalue weighted by Gasteiger charge is 2.70. The number of aromatic hydroxyl groups is 1. The summed E-state index contributed by atoms with van der Waals surface area (Å²) in [6, 6.07) is 20.8. The van der Waals surface area contributed by atoms with Gasteiger partial charge in [-0.3, -0.25) is 29.5 Å². The molecule has 6 atom stereocenters. The van der Waals surface area contributed by atoms with Gasteiger partial charge in [0.2, 0.25) is 11.8 Å². The van der Waals surface area contributed by atoms with Crippen LogP contribution in [-0.4, -0.2) is 45.2 Å². The minimum atomic E-state index is -1.32. The molecule has 2 aliphatic heterocycles. The summed E-state index contributed by atoms with van der Waals surface area (Å²) in [5.41, 5.74) is 7.26. The first-order valence-corrected chi connectivity index (χ1v) is 16.2. The van der Waals surface area contributed by atoms with Crippen LogP contribution in [0.4, 0.5) is 5.69 Å². The van der Waals surface area contributed by atoms with E-state index >= 15 is 4.79 Å². The number of benzene rings is 3. The quantitative estimate of drug-likeness (QED) is 0.271. The number of phenolic OH excluding ortho intramolecular Hbond substituents is 1. The molecule has 3 aromatic carbocycles. The standard InChI is InChI=1S/C38H39N3O5/c1-5-17-40-34(43)28-16-15-27-29(31(28)36(40)45)20-30-35(44)41(39-26-13-11-21(2)12-14-26)37(46)38(30,25-9-7-6-8-10-25)32(27)24-18-22(3)33(42)23(4)19-24/h6-15,18-19,28-32,39,42H,5,16-17,20H2,1-4H3/t28-,29+,30-,31-,32-,38+/m0/s1. The number of amides is 4. The van der Waals surface area contributed by atoms with Gasteiger partial charge in [0.15, 0.2) is 0 Å². The summed E-state index contributed by atoms with van der Waals surface area (Å²) in [7, 11) is 0. The van der Waals surface area contributed by atoms with Gasteiger partial charge < -0.3 is 5.11 Å². The number of nitrogens with one attached hydrogen (secondary N) is 1. The fourth-order valence-corrected chi connectivity index (χ4v) is 8.79. The summed E-state index contributed by atoms with van der Waals surface area (Å²) in [6.07, 6.45) is 3.41. The highest BCUT2D eigenvalue weighted by Crippen LogP contribution is 2.64. The number of rotatable bonds is 6. The summed E-state index contributed by atoms with van der Waals surface area (Å²) in [5.74, 6) is -3.71. The SMILES string of the molecule is CCCN1C(=O)[C@H]2[C@H](CC=C3[C@H]2C[C@H]2C(=O)N(Nc4ccc(C)cc4)C(=O)[C@@]2(c2ccccc2)[C@H]3c2cc(C)c(O)c(C)c2)C1=O. The molecule has 0 aromatic heterocycles. The molecule has 2 heterocycles. The lowest BCUT2D eigenvalue weighted by Crippen LogP contribution is -2.53. The zero-order valence-electron chi connectivity index (χ0n) is 26.6. The Hall–Kier alpha value is -4.72. The Kier molecular flexibility index (Phi) is 7.14. The zero-order chi connectivity index (χ0) is 32.5. The number of aryl methyl sites for hydroxylation is 3. The molecule has 7 rings (SSSR count). The van der Waals surface area contributed by atoms with E-state index in [0.717, 1.165) is 22.3 Å². The molecule has 4 amide bonds. The van der Waals surface area contributed by atoms with Crippen molar-refractivity contribution in [2.45, 2.75) is 58.3 Å². The molecule has 0 spiro atoms. The number of fused-ring (bicyclic) bond motifs is 4. The molecule has 3 fully saturated rings. The first-order valence-electron chi connectivity index (χ1n) is 16.2. The Morgan fingerprint density at radius 3 is 2.20 bits per heavy atom. The van der Waals surface area contributed by atoms with Gasteiger partial charge in [0.1, 0.15) is 5.75 Å². The number of carbonyl (C=O) groups is 4. The number of phenols is 1. The van der Waals surface area contributed by atoms with Crippen LogP contribution in [0, 0.1) is 44.4 Å². The van der Waals surface area contributed by atoms with Gasteiger partial charge in [0.05, 0.1) is 28.9 Å². The molecular formula is C38H39N3O5. The van der Waals surface area contributed by atoms with Crippen molar-refractivity contribution < 1.29 is 24.3 Å². The molecule has 46 heavy (non-hydrogen) atoms. The highest BCUT2D eigenvalue weighted by molar-refractivity contribution is 6.13. The lowest BCUT2D eigenvalue weighted by molar-refractivity contribution is -0.141. The van der Waals surface area contributed by atoms with E-state index in [1.807, 2.05) is 94.4 Å². The van der Waals surface area contributed by atoms with Gasteiger partial charge in [-0.25, -0.2) is 0 Å². The first-order chi connectivity index (χ1) is 22.1. The number of anilines is 1. The lowest BCUT2D eigenvalue weighted by atomic mass is 9.49. The number of nitrogens with zero attached hydrogens (tertiary/aromatic N) is 2. The molecule has 236 valence electrons. The molecule has 0 unspecified atom stereocenters. The molecule has 1 saturated carbocycles. The molecule has 2 saturated heterocycles. The molecular weight excluding hydrogens is 578 g/mol. The maximum absolute atomic E-state index is 15.2. The minimum Gasteiger partial charge on any atom is -0.507 e. The van der Waals surface area contributed by atoms with E-state index < -0.39 is 35.0 Å². The Morgan fingerprint density at radius 1 is 0.870 bits per heavy atom. The van der Waals surface area contributed by atoms with Crippen LogP contribution in [0.5, 0.6) is 5.75 Å². The Bertz CT molecular complexity index is 1780. The van der Waals surface area contributed by atoms with Gasteiger partial charge >= 0.3 is 0 Å². The molecule has 3 aromatic rings. The minimum absolute atomic E-state index is 0.142. The van der Waals surface area contributed by atoms with Crippen molar-refractivity contribution in [1.82, 2.24) is 9.91 Å². The predicted octanol–water partition coefficient (Wildman–Crippen LogP) is 5.71. The number of hydrogen-bond acceptors (Lipinski definition) is 6. The van der Waals surface area contributed by atoms with Crippen LogP contribution in [0.3, 0.4) is 0 Å². The second kappa shape index (κ2) is 11.0. The van der Waals surface area contributed by atoms with Crippen molar-refractivity contribution in [2.75, 3.05) is 12.0 Å². The van der Waals surface area contributed by atoms with Crippen LogP contribution in [0.25, 0.3) is 0 Å². The maximum Gasteiger partial charge on any atom is 0.260 e. The molecule has 2 aliphatic carbocycles. The molecule has 4 aliphatic rings. The van der Waals surface area contributed by atoms with Crippen LogP contribution < -0.4 is 5.43 Å². The van der Waals surface area contributed by atoms with Gasteiger partial charge in [-0.1, -0.05) is 78.7 Å². The number of allylic oxidation sites excluding steroid dienone is 2. The number of hydrazine groups is 1. The summed E-state index contributed by atoms with van der Waals surface area (Å²) in [4.78, 5) is 58.7. The van der Waals surface area contributed by atoms with E-state index in [0.29, 0.717) is 36.2 Å². The molecule has 8 heteroatoms. The van der Waals surface area contributed by atoms with Crippen LogP contribution in [-0.2, 0) is 24.6 Å². The van der Waals surface area contributed by atoms with Crippen LogP contribution in [0.15, 0.2) is 78.4 Å². The zero-order valence-corrected chi connectivity index (χ0v) is 26.6. The van der Waals surface area contributed by atoms with Crippen LogP contribution in [0.2, 0.25) is 0 Å². The third-order valence-corrected chi connectivity index (χ3v) is 10.8. The summed E-state index contributed by atoms with van der Waals surface area (Å²) in [6.45, 7) is 7.96. The normalized spacial score (nSPS) is 28.6. The van der Waals surface area contributed by atoms with Crippen molar-refractivity contribution >= 4 is 29.3 Å². The number of carbonyl (C=O) groups excluding carboxylic acids is 4. The topological polar surface area (TPSA) is 107 Å². The van der Waals surface area contributed by atoms with Crippen molar-refractivity contribution in [3.05, 3.63) is 106 Å². The van der Waals surface area contributed by atoms with Gasteiger partial charge in [0, 0.05) is 12.5 Å². The third kappa shape index (κ3) is 4.18. The van der Waals surface area contributed by atoms with Crippen molar-refractivity contribution in [1.29, 1.82) is 0 Å². The summed E-state index contributed by atoms with van der Waals surface area (Å²) < 4.78 is 0. The monoisotopic (exact) mass is 617 g/mol. The van der Waals surface area contributed by atoms with Crippen LogP contribution >= 0.6 is 0 Å². The van der Waals surface area contributed by atoms with E-state index in [1.54, 1.807) is 0 Å². The Morgan fingerprint density at radius 2 is 1.54 bits per heavy atom. The molecule has 0 bridgehead atoms. The lowest BCUT2D eigenvalue weighted by Gasteiger charge is -2.50. The van der Waals surface area contributed by atoms with E-state index in [2.05, 4.69) is 11.5 Å². The van der Waals surface area contributed by atoms with E-state index in [4.69, 9.17) is 0 Å². The van der Waals surface area contributed by atoms with E-state index in [1.165, 1.54) is 9.91 Å². The van der Waals surface area contributed by atoms with Crippen molar-refractivity contribution in [2.24, 2.45) is 23.7 Å². The van der Waals surface area contributed by atoms with Crippen molar-refractivity contribution in [3.8, 4) is 5.75 Å². The van der Waals surface area contributed by atoms with Crippen molar-refractivity contribution in [3.63, 3.8) is 0 Å². The number of hydrogen-bond donors (Lipinski definition) is 2. The Balaban J connectivity index is 1.46. The second-order valence-electron chi connectivity index (χ2n) is 13.4.